The molecule has 0 atom stereocenters. The zero-order valence-electron chi connectivity index (χ0n) is 13.1. The highest BCUT2D eigenvalue weighted by atomic mass is 35.5. The fourth-order valence-corrected chi connectivity index (χ4v) is 3.75. The van der Waals surface area contributed by atoms with Gasteiger partial charge in [0.15, 0.2) is 0 Å². The van der Waals surface area contributed by atoms with Gasteiger partial charge in [-0.2, -0.15) is 0 Å². The van der Waals surface area contributed by atoms with Crippen LogP contribution >= 0.6 is 11.6 Å². The Balaban J connectivity index is 1.53. The van der Waals surface area contributed by atoms with Crippen LogP contribution in [0.2, 0.25) is 5.02 Å². The molecule has 1 saturated heterocycles. The number of nitrogens with zero attached hydrogens (tertiary/aromatic N) is 1. The second-order valence-electron chi connectivity index (χ2n) is 6.99. The van der Waals surface area contributed by atoms with Crippen LogP contribution in [0.15, 0.2) is 18.2 Å². The van der Waals surface area contributed by atoms with Crippen LogP contribution in [-0.4, -0.2) is 24.4 Å². The van der Waals surface area contributed by atoms with Gasteiger partial charge in [0.05, 0.1) is 10.7 Å². The van der Waals surface area contributed by atoms with Gasteiger partial charge in [-0.25, -0.2) is 0 Å². The van der Waals surface area contributed by atoms with E-state index in [4.69, 9.17) is 11.6 Å². The quantitative estimate of drug-likeness (QED) is 0.898. The summed E-state index contributed by atoms with van der Waals surface area (Å²) in [5.41, 5.74) is 1.26. The Bertz CT molecular complexity index is 640. The van der Waals surface area contributed by atoms with Gasteiger partial charge in [0, 0.05) is 24.6 Å². The van der Waals surface area contributed by atoms with E-state index < -0.39 is 0 Å². The van der Waals surface area contributed by atoms with Crippen molar-refractivity contribution in [1.82, 2.24) is 5.32 Å². The average molecular weight is 333 g/mol. The van der Waals surface area contributed by atoms with Crippen molar-refractivity contribution in [3.63, 3.8) is 0 Å². The molecule has 4 rings (SSSR count). The molecule has 0 aromatic heterocycles. The lowest BCUT2D eigenvalue weighted by molar-refractivity contribution is -0.117. The minimum Gasteiger partial charge on any atom is -0.349 e. The van der Waals surface area contributed by atoms with Crippen LogP contribution < -0.4 is 10.2 Å². The average Bonchev–Trinajstić information content (AvgIpc) is 3.44. The van der Waals surface area contributed by atoms with Gasteiger partial charge in [0.25, 0.3) is 5.91 Å². The van der Waals surface area contributed by atoms with Crippen molar-refractivity contribution in [2.45, 2.75) is 44.6 Å². The van der Waals surface area contributed by atoms with Crippen LogP contribution in [0.4, 0.5) is 5.69 Å². The Morgan fingerprint density at radius 3 is 2.48 bits per heavy atom. The molecule has 1 aromatic carbocycles. The summed E-state index contributed by atoms with van der Waals surface area (Å²) < 4.78 is 0. The number of benzene rings is 1. The minimum absolute atomic E-state index is 0.0432. The van der Waals surface area contributed by atoms with Crippen LogP contribution in [0.3, 0.4) is 0 Å². The number of carbonyl (C=O) groups is 2. The summed E-state index contributed by atoms with van der Waals surface area (Å²) in [5, 5.41) is 3.75. The van der Waals surface area contributed by atoms with Crippen molar-refractivity contribution < 1.29 is 9.59 Å². The molecule has 0 spiro atoms. The van der Waals surface area contributed by atoms with Crippen molar-refractivity contribution in [2.24, 2.45) is 11.8 Å². The van der Waals surface area contributed by atoms with E-state index in [0.717, 1.165) is 6.42 Å². The molecule has 5 heteroatoms. The summed E-state index contributed by atoms with van der Waals surface area (Å²) in [7, 11) is 0. The smallest absolute Gasteiger partial charge is 0.251 e. The summed E-state index contributed by atoms with van der Waals surface area (Å²) in [4.78, 5) is 26.3. The highest BCUT2D eigenvalue weighted by Crippen LogP contribution is 2.44. The van der Waals surface area contributed by atoms with Gasteiger partial charge in [0.1, 0.15) is 0 Å². The number of nitrogens with one attached hydrogen (secondary N) is 1. The van der Waals surface area contributed by atoms with Crippen molar-refractivity contribution in [2.75, 3.05) is 11.4 Å². The molecule has 0 unspecified atom stereocenters. The van der Waals surface area contributed by atoms with Gasteiger partial charge in [-0.05, 0) is 62.1 Å². The molecule has 1 heterocycles. The third-order valence-corrected chi connectivity index (χ3v) is 5.45. The van der Waals surface area contributed by atoms with Crippen LogP contribution in [0.25, 0.3) is 0 Å². The van der Waals surface area contributed by atoms with Crippen molar-refractivity contribution in [1.29, 1.82) is 0 Å². The first kappa shape index (κ1) is 15.0. The van der Waals surface area contributed by atoms with E-state index >= 15 is 0 Å². The van der Waals surface area contributed by atoms with E-state index in [-0.39, 0.29) is 11.8 Å². The monoisotopic (exact) mass is 332 g/mol. The Hall–Kier alpha value is -1.55. The highest BCUT2D eigenvalue weighted by Gasteiger charge is 2.42. The van der Waals surface area contributed by atoms with Gasteiger partial charge in [-0.15, -0.1) is 0 Å². The Labute approximate surface area is 141 Å². The first-order valence-corrected chi connectivity index (χ1v) is 8.92. The lowest BCUT2D eigenvalue weighted by Gasteiger charge is -2.20. The van der Waals surface area contributed by atoms with Crippen LogP contribution in [0.5, 0.6) is 0 Å². The zero-order chi connectivity index (χ0) is 16.0. The van der Waals surface area contributed by atoms with Gasteiger partial charge in [-0.1, -0.05) is 11.6 Å². The number of amides is 2. The standard InChI is InChI=1S/C18H21ClN2O2/c19-14-8-7-13(10-15(14)21-9-1-2-16(21)22)18(23)20-17(11-3-4-11)12-5-6-12/h7-8,10-12,17H,1-6,9H2,(H,20,23). The predicted molar refractivity (Wildman–Crippen MR) is 89.7 cm³/mol. The number of halogens is 1. The molecule has 2 amide bonds. The number of hydrogen-bond acceptors (Lipinski definition) is 2. The zero-order valence-corrected chi connectivity index (χ0v) is 13.8. The van der Waals surface area contributed by atoms with Crippen LogP contribution in [0, 0.1) is 11.8 Å². The first-order valence-electron chi connectivity index (χ1n) is 8.54. The fraction of sp³-hybridized carbons (Fsp3) is 0.556. The third kappa shape index (κ3) is 3.09. The maximum Gasteiger partial charge on any atom is 0.251 e. The maximum absolute atomic E-state index is 12.6. The molecule has 3 fully saturated rings. The van der Waals surface area contributed by atoms with Gasteiger partial charge in [0.2, 0.25) is 5.91 Å². The Morgan fingerprint density at radius 1 is 1.22 bits per heavy atom. The number of hydrogen-bond donors (Lipinski definition) is 1. The SMILES string of the molecule is O=C(NC(C1CC1)C1CC1)c1ccc(Cl)c(N2CCCC2=O)c1. The lowest BCUT2D eigenvalue weighted by atomic mass is 10.1. The summed E-state index contributed by atoms with van der Waals surface area (Å²) >= 11 is 6.25. The molecule has 1 aromatic rings. The molecule has 0 radical (unpaired) electrons. The van der Waals surface area contributed by atoms with E-state index in [2.05, 4.69) is 5.32 Å². The number of anilines is 1. The molecule has 122 valence electrons. The molecule has 23 heavy (non-hydrogen) atoms. The van der Waals surface area contributed by atoms with E-state index in [1.54, 1.807) is 23.1 Å². The maximum atomic E-state index is 12.6. The summed E-state index contributed by atoms with van der Waals surface area (Å²) in [6.07, 6.45) is 6.32. The van der Waals surface area contributed by atoms with E-state index in [0.29, 0.717) is 47.1 Å². The molecule has 0 bridgehead atoms. The molecule has 2 saturated carbocycles. The number of carbonyl (C=O) groups excluding carboxylic acids is 2. The predicted octanol–water partition coefficient (Wildman–Crippen LogP) is 3.39. The van der Waals surface area contributed by atoms with Gasteiger partial charge in [-0.3, -0.25) is 9.59 Å². The molecular weight excluding hydrogens is 312 g/mol. The second kappa shape index (κ2) is 5.82. The normalized spacial score (nSPS) is 21.1. The fourth-order valence-electron chi connectivity index (χ4n) is 3.53. The minimum atomic E-state index is -0.0432. The van der Waals surface area contributed by atoms with Gasteiger partial charge < -0.3 is 10.2 Å². The molecule has 4 nitrogen and oxygen atoms in total. The number of rotatable bonds is 5. The van der Waals surface area contributed by atoms with Crippen molar-refractivity contribution in [3.05, 3.63) is 28.8 Å². The van der Waals surface area contributed by atoms with Gasteiger partial charge >= 0.3 is 0 Å². The molecule has 1 N–H and O–H groups in total. The van der Waals surface area contributed by atoms with E-state index in [1.807, 2.05) is 0 Å². The summed E-state index contributed by atoms with van der Waals surface area (Å²) in [6.45, 7) is 0.677. The summed E-state index contributed by atoms with van der Waals surface area (Å²) in [5.74, 6) is 1.37. The third-order valence-electron chi connectivity index (χ3n) is 5.13. The van der Waals surface area contributed by atoms with Crippen LogP contribution in [0.1, 0.15) is 48.9 Å². The second-order valence-corrected chi connectivity index (χ2v) is 7.40. The largest absolute Gasteiger partial charge is 0.349 e. The van der Waals surface area contributed by atoms with Crippen LogP contribution in [-0.2, 0) is 4.79 Å². The lowest BCUT2D eigenvalue weighted by Crippen LogP contribution is -2.38. The summed E-state index contributed by atoms with van der Waals surface area (Å²) in [6, 6.07) is 5.56. The van der Waals surface area contributed by atoms with E-state index in [9.17, 15) is 9.59 Å². The topological polar surface area (TPSA) is 49.4 Å². The molecular formula is C18H21ClN2O2. The van der Waals surface area contributed by atoms with E-state index in [1.165, 1.54) is 25.7 Å². The van der Waals surface area contributed by atoms with Crippen molar-refractivity contribution in [3.8, 4) is 0 Å². The van der Waals surface area contributed by atoms with Crippen molar-refractivity contribution >= 4 is 29.1 Å². The molecule has 3 aliphatic rings. The Kier molecular flexibility index (Phi) is 3.80. The molecule has 1 aliphatic heterocycles. The highest BCUT2D eigenvalue weighted by molar-refractivity contribution is 6.34. The molecule has 2 aliphatic carbocycles. The first-order chi connectivity index (χ1) is 11.1. The Morgan fingerprint density at radius 2 is 1.91 bits per heavy atom.